The molecule has 2 bridgehead atoms. The number of ether oxygens (including phenoxy) is 5. The Balaban J connectivity index is 1.38. The van der Waals surface area contributed by atoms with Crippen LogP contribution in [-0.2, 0) is 42.9 Å². The third-order valence-electron chi connectivity index (χ3n) is 13.1. The number of ketones is 1. The van der Waals surface area contributed by atoms with E-state index >= 15 is 4.79 Å². The summed E-state index contributed by atoms with van der Waals surface area (Å²) in [5.41, 5.74) is -6.20. The zero-order chi connectivity index (χ0) is 43.4. The molecule has 1 unspecified atom stereocenters. The number of hydrogen-bond donors (Lipinski definition) is 3. The summed E-state index contributed by atoms with van der Waals surface area (Å²) in [7, 11) is 0. The monoisotopic (exact) mass is 827 g/mol. The first-order valence-corrected chi connectivity index (χ1v) is 19.9. The Morgan fingerprint density at radius 3 is 2.13 bits per heavy atom. The van der Waals surface area contributed by atoms with E-state index in [0.717, 1.165) is 6.92 Å². The third-order valence-corrected chi connectivity index (χ3v) is 13.1. The van der Waals surface area contributed by atoms with Crippen LogP contribution in [0.3, 0.4) is 0 Å². The maximum Gasteiger partial charge on any atom is 0.338 e. The number of Topliss-reactive ketones (excluding diaryl/α,β-unsaturated/α-hetero) is 1. The lowest BCUT2D eigenvalue weighted by atomic mass is 9.45. The van der Waals surface area contributed by atoms with Crippen LogP contribution >= 0.6 is 0 Å². The van der Waals surface area contributed by atoms with E-state index in [4.69, 9.17) is 28.1 Å². The van der Waals surface area contributed by atoms with Gasteiger partial charge in [-0.25, -0.2) is 9.59 Å². The maximum absolute atomic E-state index is 15.4. The van der Waals surface area contributed by atoms with Crippen molar-refractivity contribution in [2.45, 2.75) is 109 Å². The first-order chi connectivity index (χ1) is 28.4. The highest BCUT2D eigenvalue weighted by atomic mass is 16.6. The standard InChI is InChI=1S/C45H49NO14/c1-24-30(58-41(53)34(49)33(27-14-9-7-10-15-27)46-39(51)29-18-13-21-55-29)22-45(54)38(59-40(52)28-16-11-8-12-17-28)36-43(6,20-19-31-44(36,23-56-31)60-26(3)48)37(50)35(57-25(2)47)32(24)42(45,4)5/h7-18,21,30-31,33-36,38,49,54H,19-20,22-23H2,1-6H3,(H,46,51)/t30-,31+,33-,34+,35+,36?,38-,43+,44-,45+/m0/s1. The van der Waals surface area contributed by atoms with Gasteiger partial charge in [0, 0.05) is 31.1 Å². The SMILES string of the molecule is CC(=O)O[C@H]1C(=O)[C@]2(C)CC[C@H]3OC[C@@]3(OC(C)=O)C2[C@H](OC(=O)c2ccccc2)[C@]2(O)C[C@H](OC(=O)[C@H](O)[C@@H](NC(=O)c3ccco3)c3ccccc3)C(C)=C1C2(C)C. The van der Waals surface area contributed by atoms with E-state index in [-0.39, 0.29) is 41.9 Å². The van der Waals surface area contributed by atoms with Gasteiger partial charge in [-0.05, 0) is 60.7 Å². The Labute approximate surface area is 346 Å². The van der Waals surface area contributed by atoms with Gasteiger partial charge >= 0.3 is 23.9 Å². The number of benzene rings is 2. The normalized spacial score (nSPS) is 31.3. The fourth-order valence-electron chi connectivity index (χ4n) is 10.0. The Morgan fingerprint density at radius 2 is 1.55 bits per heavy atom. The molecule has 10 atom stereocenters. The number of furan rings is 1. The summed E-state index contributed by atoms with van der Waals surface area (Å²) in [6, 6.07) is 17.8. The summed E-state index contributed by atoms with van der Waals surface area (Å²) in [6.45, 7) is 8.57. The third kappa shape index (κ3) is 7.01. The number of fused-ring (bicyclic) bond motifs is 5. The number of esters is 4. The molecule has 3 aromatic rings. The lowest BCUT2D eigenvalue weighted by Crippen LogP contribution is -2.79. The molecular weight excluding hydrogens is 778 g/mol. The molecule has 7 rings (SSSR count). The van der Waals surface area contributed by atoms with Gasteiger partial charge in [0.05, 0.1) is 30.4 Å². The number of hydrogen-bond acceptors (Lipinski definition) is 14. The van der Waals surface area contributed by atoms with E-state index in [1.165, 1.54) is 37.5 Å². The zero-order valence-corrected chi connectivity index (χ0v) is 34.2. The van der Waals surface area contributed by atoms with Gasteiger partial charge in [0.2, 0.25) is 0 Å². The van der Waals surface area contributed by atoms with Crippen molar-refractivity contribution in [1.82, 2.24) is 5.32 Å². The molecule has 3 fully saturated rings. The average Bonchev–Trinajstić information content (AvgIpc) is 3.75. The first kappa shape index (κ1) is 42.5. The molecule has 3 aliphatic carbocycles. The summed E-state index contributed by atoms with van der Waals surface area (Å²) in [5, 5.41) is 28.0. The first-order valence-electron chi connectivity index (χ1n) is 19.9. The second-order valence-corrected chi connectivity index (χ2v) is 16.9. The van der Waals surface area contributed by atoms with Crippen molar-refractivity contribution < 1.29 is 67.1 Å². The number of rotatable bonds is 10. The summed E-state index contributed by atoms with van der Waals surface area (Å²) in [4.78, 5) is 82.9. The number of carbonyl (C=O) groups excluding carboxylic acids is 6. The van der Waals surface area contributed by atoms with Crippen LogP contribution in [-0.4, -0.2) is 94.1 Å². The molecule has 3 N–H and O–H groups in total. The summed E-state index contributed by atoms with van der Waals surface area (Å²) in [6.07, 6.45) is -6.34. The number of aliphatic hydroxyl groups is 2. The largest absolute Gasteiger partial charge is 0.459 e. The van der Waals surface area contributed by atoms with Crippen LogP contribution in [0.1, 0.15) is 93.3 Å². The summed E-state index contributed by atoms with van der Waals surface area (Å²) < 4.78 is 35.7. The van der Waals surface area contributed by atoms with Crippen molar-refractivity contribution in [2.75, 3.05) is 6.61 Å². The minimum Gasteiger partial charge on any atom is -0.459 e. The van der Waals surface area contributed by atoms with Crippen LogP contribution in [0.5, 0.6) is 0 Å². The molecule has 1 aliphatic heterocycles. The Hall–Kier alpha value is -5.64. The molecule has 1 aromatic heterocycles. The number of amides is 1. The fourth-order valence-corrected chi connectivity index (χ4v) is 10.0. The fraction of sp³-hybridized carbons (Fsp3) is 0.467. The van der Waals surface area contributed by atoms with Gasteiger partial charge in [-0.3, -0.25) is 19.2 Å². The van der Waals surface area contributed by atoms with Gasteiger partial charge in [-0.2, -0.15) is 0 Å². The van der Waals surface area contributed by atoms with Crippen molar-refractivity contribution in [1.29, 1.82) is 0 Å². The molecular formula is C45H49NO14. The summed E-state index contributed by atoms with van der Waals surface area (Å²) in [5.74, 6) is -6.29. The second-order valence-electron chi connectivity index (χ2n) is 16.9. The smallest absolute Gasteiger partial charge is 0.338 e. The van der Waals surface area contributed by atoms with Crippen molar-refractivity contribution in [3.63, 3.8) is 0 Å². The van der Waals surface area contributed by atoms with Crippen LogP contribution in [0.15, 0.2) is 94.6 Å². The van der Waals surface area contributed by atoms with E-state index < -0.39 is 107 Å². The Bertz CT molecular complexity index is 2200. The molecule has 318 valence electrons. The molecule has 15 nitrogen and oxygen atoms in total. The molecule has 1 amide bonds. The minimum absolute atomic E-state index is 0.0773. The van der Waals surface area contributed by atoms with Crippen molar-refractivity contribution in [3.8, 4) is 0 Å². The van der Waals surface area contributed by atoms with Crippen molar-refractivity contribution >= 4 is 35.6 Å². The predicted octanol–water partition coefficient (Wildman–Crippen LogP) is 4.36. The van der Waals surface area contributed by atoms with E-state index in [1.54, 1.807) is 76.2 Å². The summed E-state index contributed by atoms with van der Waals surface area (Å²) >= 11 is 0. The van der Waals surface area contributed by atoms with Crippen molar-refractivity contribution in [2.24, 2.45) is 16.7 Å². The van der Waals surface area contributed by atoms with Crippen LogP contribution in [0.2, 0.25) is 0 Å². The minimum atomic E-state index is -2.27. The average molecular weight is 828 g/mol. The van der Waals surface area contributed by atoms with Gasteiger partial charge in [0.15, 0.2) is 29.4 Å². The number of aliphatic hydroxyl groups excluding tert-OH is 1. The Kier molecular flexibility index (Phi) is 11.2. The molecule has 2 heterocycles. The zero-order valence-electron chi connectivity index (χ0n) is 34.2. The quantitative estimate of drug-likeness (QED) is 0.147. The molecule has 2 aromatic carbocycles. The van der Waals surface area contributed by atoms with E-state index in [0.29, 0.717) is 5.56 Å². The van der Waals surface area contributed by atoms with Crippen LogP contribution in [0.4, 0.5) is 0 Å². The molecule has 15 heteroatoms. The van der Waals surface area contributed by atoms with Gasteiger partial charge < -0.3 is 43.6 Å². The van der Waals surface area contributed by atoms with E-state index in [9.17, 15) is 34.2 Å². The highest BCUT2D eigenvalue weighted by Crippen LogP contribution is 2.64. The molecule has 4 aliphatic rings. The molecule has 2 saturated carbocycles. The molecule has 60 heavy (non-hydrogen) atoms. The lowest BCUT2D eigenvalue weighted by Gasteiger charge is -2.66. The molecule has 0 spiro atoms. The van der Waals surface area contributed by atoms with Crippen LogP contribution < -0.4 is 5.32 Å². The van der Waals surface area contributed by atoms with E-state index in [2.05, 4.69) is 5.32 Å². The number of carbonyl (C=O) groups is 6. The topological polar surface area (TPSA) is 214 Å². The van der Waals surface area contributed by atoms with Gasteiger partial charge in [-0.1, -0.05) is 69.3 Å². The Morgan fingerprint density at radius 1 is 0.883 bits per heavy atom. The maximum atomic E-state index is 15.4. The van der Waals surface area contributed by atoms with E-state index in [1.807, 2.05) is 0 Å². The second kappa shape index (κ2) is 15.8. The lowest BCUT2D eigenvalue weighted by molar-refractivity contribution is -0.332. The highest BCUT2D eigenvalue weighted by molar-refractivity contribution is 5.95. The molecule has 1 saturated heterocycles. The van der Waals surface area contributed by atoms with Gasteiger partial charge in [0.1, 0.15) is 23.9 Å². The van der Waals surface area contributed by atoms with Crippen LogP contribution in [0, 0.1) is 16.7 Å². The highest BCUT2D eigenvalue weighted by Gasteiger charge is 2.76. The molecule has 0 radical (unpaired) electrons. The van der Waals surface area contributed by atoms with Crippen molar-refractivity contribution in [3.05, 3.63) is 107 Å². The predicted molar refractivity (Wildman–Crippen MR) is 209 cm³/mol. The van der Waals surface area contributed by atoms with Crippen LogP contribution in [0.25, 0.3) is 0 Å². The van der Waals surface area contributed by atoms with Gasteiger partial charge in [0.25, 0.3) is 5.91 Å². The van der Waals surface area contributed by atoms with Gasteiger partial charge in [-0.15, -0.1) is 0 Å². The number of nitrogens with one attached hydrogen (secondary N) is 1.